The van der Waals surface area contributed by atoms with Gasteiger partial charge in [0.15, 0.2) is 0 Å². The fraction of sp³-hybridized carbons (Fsp3) is 0.632. The van der Waals surface area contributed by atoms with Crippen molar-refractivity contribution >= 4 is 11.6 Å². The first-order chi connectivity index (χ1) is 10.7. The second-order valence-electron chi connectivity index (χ2n) is 8.55. The molecule has 1 aromatic rings. The molecule has 126 valence electrons. The zero-order valence-electron chi connectivity index (χ0n) is 14.6. The molecule has 1 N–H and O–H groups in total. The van der Waals surface area contributed by atoms with Crippen molar-refractivity contribution in [3.63, 3.8) is 0 Å². The Morgan fingerprint density at radius 2 is 2.09 bits per heavy atom. The molecule has 2 aliphatic rings. The highest BCUT2D eigenvalue weighted by Crippen LogP contribution is 2.52. The first kappa shape index (κ1) is 16.3. The maximum Gasteiger partial charge on any atom is 0.242 e. The molecular weight excluding hydrogens is 291 g/mol. The molecular formula is C19H27FN2O. The monoisotopic (exact) mass is 318 g/mol. The van der Waals surface area contributed by atoms with Crippen LogP contribution in [0.5, 0.6) is 0 Å². The minimum atomic E-state index is -0.242. The van der Waals surface area contributed by atoms with Crippen LogP contribution < -0.4 is 5.32 Å². The zero-order valence-corrected chi connectivity index (χ0v) is 14.6. The third kappa shape index (κ3) is 3.36. The van der Waals surface area contributed by atoms with Gasteiger partial charge in [0.25, 0.3) is 0 Å². The molecule has 4 heteroatoms. The third-order valence-electron chi connectivity index (χ3n) is 5.35. The maximum atomic E-state index is 13.6. The van der Waals surface area contributed by atoms with Gasteiger partial charge in [0, 0.05) is 18.3 Å². The molecule has 2 bridgehead atoms. The molecule has 1 aromatic carbocycles. The van der Waals surface area contributed by atoms with E-state index in [0.29, 0.717) is 22.7 Å². The summed E-state index contributed by atoms with van der Waals surface area (Å²) in [5.74, 6) is -0.119. The molecule has 3 rings (SSSR count). The molecule has 1 saturated carbocycles. The average molecular weight is 318 g/mol. The number of nitrogens with one attached hydrogen (secondary N) is 1. The quantitative estimate of drug-likeness (QED) is 0.914. The summed E-state index contributed by atoms with van der Waals surface area (Å²) in [6, 6.07) is 5.36. The smallest absolute Gasteiger partial charge is 0.242 e. The van der Waals surface area contributed by atoms with Gasteiger partial charge in [-0.3, -0.25) is 4.79 Å². The van der Waals surface area contributed by atoms with Crippen LogP contribution in [-0.2, 0) is 4.79 Å². The van der Waals surface area contributed by atoms with Crippen molar-refractivity contribution in [1.82, 2.24) is 4.90 Å². The highest BCUT2D eigenvalue weighted by Gasteiger charge is 2.50. The summed E-state index contributed by atoms with van der Waals surface area (Å²) in [5.41, 5.74) is 1.83. The Hall–Kier alpha value is -1.58. The largest absolute Gasteiger partial charge is 0.376 e. The average Bonchev–Trinajstić information content (AvgIpc) is 2.69. The highest BCUT2D eigenvalue weighted by atomic mass is 19.1. The Balaban J connectivity index is 1.64. The van der Waals surface area contributed by atoms with E-state index in [0.717, 1.165) is 19.4 Å². The fourth-order valence-electron chi connectivity index (χ4n) is 4.73. The Bertz CT molecular complexity index is 628. The summed E-state index contributed by atoms with van der Waals surface area (Å²) in [7, 11) is 0. The summed E-state index contributed by atoms with van der Waals surface area (Å²) in [6.45, 7) is 9.73. The Morgan fingerprint density at radius 3 is 2.78 bits per heavy atom. The fourth-order valence-corrected chi connectivity index (χ4v) is 4.73. The van der Waals surface area contributed by atoms with Gasteiger partial charge in [0.05, 0.1) is 6.54 Å². The lowest BCUT2D eigenvalue weighted by Gasteiger charge is -2.39. The summed E-state index contributed by atoms with van der Waals surface area (Å²) >= 11 is 0. The lowest BCUT2D eigenvalue weighted by Crippen LogP contribution is -2.40. The van der Waals surface area contributed by atoms with E-state index in [-0.39, 0.29) is 23.7 Å². The van der Waals surface area contributed by atoms with E-state index < -0.39 is 0 Å². The molecule has 2 fully saturated rings. The molecule has 23 heavy (non-hydrogen) atoms. The van der Waals surface area contributed by atoms with Gasteiger partial charge in [-0.2, -0.15) is 0 Å². The standard InChI is InChI=1S/C19H27FN2O/c1-13-5-6-14(7-16(13)20)21-10-17(23)22-12-19(4)9-15(22)8-18(2,3)11-19/h5-7,15,21H,8-12H2,1-4H3/t15-,19+/m1/s1. The second-order valence-corrected chi connectivity index (χ2v) is 8.55. The number of nitrogens with zero attached hydrogens (tertiary/aromatic N) is 1. The van der Waals surface area contributed by atoms with Crippen molar-refractivity contribution in [3.05, 3.63) is 29.6 Å². The van der Waals surface area contributed by atoms with Gasteiger partial charge >= 0.3 is 0 Å². The number of carbonyl (C=O) groups is 1. The number of anilines is 1. The molecule has 1 saturated heterocycles. The Labute approximate surface area is 138 Å². The Morgan fingerprint density at radius 1 is 1.35 bits per heavy atom. The maximum absolute atomic E-state index is 13.6. The number of hydrogen-bond donors (Lipinski definition) is 1. The predicted octanol–water partition coefficient (Wildman–Crippen LogP) is 3.97. The van der Waals surface area contributed by atoms with E-state index in [9.17, 15) is 9.18 Å². The molecule has 1 heterocycles. The van der Waals surface area contributed by atoms with Crippen LogP contribution in [0.15, 0.2) is 18.2 Å². The van der Waals surface area contributed by atoms with Crippen LogP contribution in [0.3, 0.4) is 0 Å². The number of likely N-dealkylation sites (tertiary alicyclic amines) is 1. The topological polar surface area (TPSA) is 32.3 Å². The van der Waals surface area contributed by atoms with Crippen LogP contribution in [0.25, 0.3) is 0 Å². The van der Waals surface area contributed by atoms with Crippen molar-refractivity contribution < 1.29 is 9.18 Å². The van der Waals surface area contributed by atoms with Crippen LogP contribution in [0.2, 0.25) is 0 Å². The van der Waals surface area contributed by atoms with E-state index in [1.807, 2.05) is 11.0 Å². The van der Waals surface area contributed by atoms with Crippen molar-refractivity contribution in [1.29, 1.82) is 0 Å². The van der Waals surface area contributed by atoms with Gasteiger partial charge in [-0.05, 0) is 54.7 Å². The SMILES string of the molecule is Cc1ccc(NCC(=O)N2C[C@@]3(C)C[C@H]2CC(C)(C)C3)cc1F. The number of halogens is 1. The number of rotatable bonds is 3. The van der Waals surface area contributed by atoms with E-state index in [1.54, 1.807) is 13.0 Å². The molecule has 1 aliphatic carbocycles. The van der Waals surface area contributed by atoms with Gasteiger partial charge in [-0.15, -0.1) is 0 Å². The van der Waals surface area contributed by atoms with Crippen molar-refractivity contribution in [3.8, 4) is 0 Å². The molecule has 0 unspecified atom stereocenters. The molecule has 0 spiro atoms. The Kier molecular flexibility index (Phi) is 3.89. The highest BCUT2D eigenvalue weighted by molar-refractivity contribution is 5.81. The summed E-state index contributed by atoms with van der Waals surface area (Å²) in [4.78, 5) is 14.7. The first-order valence-corrected chi connectivity index (χ1v) is 8.47. The minimum Gasteiger partial charge on any atom is -0.376 e. The van der Waals surface area contributed by atoms with Gasteiger partial charge in [-0.1, -0.05) is 26.8 Å². The van der Waals surface area contributed by atoms with Gasteiger partial charge in [-0.25, -0.2) is 4.39 Å². The first-order valence-electron chi connectivity index (χ1n) is 8.47. The lowest BCUT2D eigenvalue weighted by atomic mass is 9.65. The summed E-state index contributed by atoms with van der Waals surface area (Å²) < 4.78 is 13.6. The number of benzene rings is 1. The van der Waals surface area contributed by atoms with Crippen molar-refractivity contribution in [2.75, 3.05) is 18.4 Å². The second kappa shape index (κ2) is 5.50. The normalized spacial score (nSPS) is 28.7. The number of hydrogen-bond acceptors (Lipinski definition) is 2. The van der Waals surface area contributed by atoms with E-state index in [4.69, 9.17) is 0 Å². The van der Waals surface area contributed by atoms with Crippen molar-refractivity contribution in [2.45, 2.75) is 53.0 Å². The predicted molar refractivity (Wildman–Crippen MR) is 90.9 cm³/mol. The number of aryl methyl sites for hydroxylation is 1. The summed E-state index contributed by atoms with van der Waals surface area (Å²) in [6.07, 6.45) is 3.37. The number of carbonyl (C=O) groups excluding carboxylic acids is 1. The zero-order chi connectivity index (χ0) is 16.8. The molecule has 3 nitrogen and oxygen atoms in total. The molecule has 1 amide bonds. The van der Waals surface area contributed by atoms with Gasteiger partial charge < -0.3 is 10.2 Å². The molecule has 0 radical (unpaired) electrons. The van der Waals surface area contributed by atoms with Crippen LogP contribution in [-0.4, -0.2) is 29.9 Å². The van der Waals surface area contributed by atoms with Crippen LogP contribution >= 0.6 is 0 Å². The van der Waals surface area contributed by atoms with E-state index in [1.165, 1.54) is 12.5 Å². The van der Waals surface area contributed by atoms with Crippen LogP contribution in [0, 0.1) is 23.6 Å². The molecule has 2 atom stereocenters. The van der Waals surface area contributed by atoms with Gasteiger partial charge in [0.1, 0.15) is 5.82 Å². The van der Waals surface area contributed by atoms with E-state index >= 15 is 0 Å². The minimum absolute atomic E-state index is 0.123. The van der Waals surface area contributed by atoms with Gasteiger partial charge in [0.2, 0.25) is 5.91 Å². The van der Waals surface area contributed by atoms with Crippen molar-refractivity contribution in [2.24, 2.45) is 10.8 Å². The number of amides is 1. The summed E-state index contributed by atoms with van der Waals surface area (Å²) in [5, 5.41) is 3.07. The third-order valence-corrected chi connectivity index (χ3v) is 5.35. The van der Waals surface area contributed by atoms with E-state index in [2.05, 4.69) is 26.1 Å². The van der Waals surface area contributed by atoms with Crippen LogP contribution in [0.1, 0.15) is 45.6 Å². The molecule has 1 aliphatic heterocycles. The lowest BCUT2D eigenvalue weighted by molar-refractivity contribution is -0.130. The number of fused-ring (bicyclic) bond motifs is 2. The molecule has 0 aromatic heterocycles. The van der Waals surface area contributed by atoms with Crippen LogP contribution in [0.4, 0.5) is 10.1 Å².